The normalized spacial score (nSPS) is 15.4. The third-order valence-electron chi connectivity index (χ3n) is 3.29. The van der Waals surface area contributed by atoms with E-state index in [1.54, 1.807) is 46.4 Å². The van der Waals surface area contributed by atoms with Crippen molar-refractivity contribution in [1.82, 2.24) is 4.90 Å². The molecule has 0 heterocycles. The summed E-state index contributed by atoms with van der Waals surface area (Å²) in [5.41, 5.74) is 3.14. The summed E-state index contributed by atoms with van der Waals surface area (Å²) in [5.74, 6) is -1.06. The standard InChI is InChI=1S/C15H30N2O3/c1-9-17(10-2)11(18)15(16,13(3,4)5)12(19)20-14(6,7)8/h9-10,16H2,1-8H3/t15-/m0/s1. The minimum Gasteiger partial charge on any atom is -0.458 e. The minimum atomic E-state index is -1.69. The van der Waals surface area contributed by atoms with E-state index in [1.165, 1.54) is 0 Å². The molecule has 0 aromatic heterocycles. The third kappa shape index (κ3) is 3.95. The van der Waals surface area contributed by atoms with Crippen LogP contribution in [0.3, 0.4) is 0 Å². The van der Waals surface area contributed by atoms with E-state index < -0.39 is 22.5 Å². The van der Waals surface area contributed by atoms with E-state index in [0.29, 0.717) is 13.1 Å². The number of hydrogen-bond donors (Lipinski definition) is 1. The van der Waals surface area contributed by atoms with Crippen molar-refractivity contribution in [3.8, 4) is 0 Å². The first-order valence-electron chi connectivity index (χ1n) is 7.13. The number of esters is 1. The fourth-order valence-corrected chi connectivity index (χ4v) is 1.83. The smallest absolute Gasteiger partial charge is 0.337 e. The molecule has 0 saturated heterocycles. The van der Waals surface area contributed by atoms with Gasteiger partial charge in [0.25, 0.3) is 5.91 Å². The van der Waals surface area contributed by atoms with Crippen LogP contribution in [0.1, 0.15) is 55.4 Å². The van der Waals surface area contributed by atoms with E-state index in [4.69, 9.17) is 10.5 Å². The van der Waals surface area contributed by atoms with Gasteiger partial charge in [-0.2, -0.15) is 0 Å². The van der Waals surface area contributed by atoms with Gasteiger partial charge in [-0.1, -0.05) is 20.8 Å². The van der Waals surface area contributed by atoms with Gasteiger partial charge in [-0.25, -0.2) is 4.79 Å². The molecule has 0 aliphatic carbocycles. The summed E-state index contributed by atoms with van der Waals surface area (Å²) in [6, 6.07) is 0. The van der Waals surface area contributed by atoms with Crippen LogP contribution in [-0.4, -0.2) is 41.0 Å². The molecule has 118 valence electrons. The number of hydrogen-bond acceptors (Lipinski definition) is 4. The van der Waals surface area contributed by atoms with Crippen LogP contribution in [0.15, 0.2) is 0 Å². The second kappa shape index (κ2) is 6.12. The van der Waals surface area contributed by atoms with Gasteiger partial charge in [0.1, 0.15) is 5.60 Å². The summed E-state index contributed by atoms with van der Waals surface area (Å²) in [5, 5.41) is 0. The maximum absolute atomic E-state index is 12.7. The molecule has 0 fully saturated rings. The molecular weight excluding hydrogens is 256 g/mol. The van der Waals surface area contributed by atoms with Crippen LogP contribution >= 0.6 is 0 Å². The Balaban J connectivity index is 5.65. The Labute approximate surface area is 122 Å². The van der Waals surface area contributed by atoms with Gasteiger partial charge in [0, 0.05) is 13.1 Å². The van der Waals surface area contributed by atoms with Crippen LogP contribution in [0.25, 0.3) is 0 Å². The number of carbonyl (C=O) groups is 2. The molecule has 0 aliphatic heterocycles. The summed E-state index contributed by atoms with van der Waals surface area (Å²) in [6.07, 6.45) is 0. The predicted molar refractivity (Wildman–Crippen MR) is 80.1 cm³/mol. The maximum Gasteiger partial charge on any atom is 0.337 e. The number of ether oxygens (including phenoxy) is 1. The van der Waals surface area contributed by atoms with Crippen molar-refractivity contribution in [1.29, 1.82) is 0 Å². The van der Waals surface area contributed by atoms with E-state index in [2.05, 4.69) is 0 Å². The highest BCUT2D eigenvalue weighted by Gasteiger charge is 2.55. The summed E-state index contributed by atoms with van der Waals surface area (Å²) in [7, 11) is 0. The van der Waals surface area contributed by atoms with Gasteiger partial charge in [-0.05, 0) is 40.0 Å². The maximum atomic E-state index is 12.7. The predicted octanol–water partition coefficient (Wildman–Crippen LogP) is 1.94. The first kappa shape index (κ1) is 18.9. The topological polar surface area (TPSA) is 72.6 Å². The Hall–Kier alpha value is -1.10. The van der Waals surface area contributed by atoms with Crippen molar-refractivity contribution < 1.29 is 14.3 Å². The molecule has 0 aromatic rings. The Morgan fingerprint density at radius 1 is 1.00 bits per heavy atom. The van der Waals surface area contributed by atoms with E-state index >= 15 is 0 Å². The van der Waals surface area contributed by atoms with Gasteiger partial charge < -0.3 is 15.4 Å². The second-order valence-corrected chi connectivity index (χ2v) is 7.04. The van der Waals surface area contributed by atoms with Gasteiger partial charge in [-0.15, -0.1) is 0 Å². The second-order valence-electron chi connectivity index (χ2n) is 7.04. The van der Waals surface area contributed by atoms with Crippen molar-refractivity contribution in [3.05, 3.63) is 0 Å². The molecule has 0 rings (SSSR count). The van der Waals surface area contributed by atoms with Crippen molar-refractivity contribution in [2.75, 3.05) is 13.1 Å². The number of rotatable bonds is 4. The lowest BCUT2D eigenvalue weighted by molar-refractivity contribution is -0.172. The fourth-order valence-electron chi connectivity index (χ4n) is 1.83. The average Bonchev–Trinajstić information content (AvgIpc) is 2.25. The van der Waals surface area contributed by atoms with Crippen molar-refractivity contribution in [3.63, 3.8) is 0 Å². The summed E-state index contributed by atoms with van der Waals surface area (Å²) in [4.78, 5) is 26.8. The SMILES string of the molecule is CCN(CC)C(=O)[C@](N)(C(=O)OC(C)(C)C)C(C)(C)C. The molecule has 0 aromatic carbocycles. The first-order chi connectivity index (χ1) is 8.81. The number of likely N-dealkylation sites (N-methyl/N-ethyl adjacent to an activating group) is 1. The van der Waals surface area contributed by atoms with Crippen molar-refractivity contribution >= 4 is 11.9 Å². The average molecular weight is 286 g/mol. The molecule has 0 bridgehead atoms. The lowest BCUT2D eigenvalue weighted by Gasteiger charge is -2.41. The van der Waals surface area contributed by atoms with Crippen molar-refractivity contribution in [2.45, 2.75) is 66.5 Å². The molecular formula is C15H30N2O3. The van der Waals surface area contributed by atoms with E-state index in [9.17, 15) is 9.59 Å². The van der Waals surface area contributed by atoms with Gasteiger partial charge in [0.2, 0.25) is 0 Å². The molecule has 5 heteroatoms. The van der Waals surface area contributed by atoms with Gasteiger partial charge in [0.05, 0.1) is 0 Å². The Morgan fingerprint density at radius 3 is 1.65 bits per heavy atom. The van der Waals surface area contributed by atoms with Crippen LogP contribution in [0.5, 0.6) is 0 Å². The number of amides is 1. The molecule has 20 heavy (non-hydrogen) atoms. The third-order valence-corrected chi connectivity index (χ3v) is 3.29. The highest BCUT2D eigenvalue weighted by molar-refractivity contribution is 6.08. The van der Waals surface area contributed by atoms with Crippen LogP contribution in [-0.2, 0) is 14.3 Å². The molecule has 5 nitrogen and oxygen atoms in total. The molecule has 1 atom stereocenters. The fraction of sp³-hybridized carbons (Fsp3) is 0.867. The van der Waals surface area contributed by atoms with E-state index in [-0.39, 0.29) is 5.91 Å². The monoisotopic (exact) mass is 286 g/mol. The van der Waals surface area contributed by atoms with Crippen LogP contribution in [0.2, 0.25) is 0 Å². The molecule has 0 saturated carbocycles. The van der Waals surface area contributed by atoms with Crippen LogP contribution in [0.4, 0.5) is 0 Å². The summed E-state index contributed by atoms with van der Waals surface area (Å²) in [6.45, 7) is 15.3. The van der Waals surface area contributed by atoms with E-state index in [1.807, 2.05) is 13.8 Å². The zero-order chi connectivity index (χ0) is 16.4. The molecule has 2 N–H and O–H groups in total. The molecule has 0 aliphatic rings. The lowest BCUT2D eigenvalue weighted by Crippen LogP contribution is -2.68. The number of carbonyl (C=O) groups excluding carboxylic acids is 2. The van der Waals surface area contributed by atoms with Crippen molar-refractivity contribution in [2.24, 2.45) is 11.1 Å². The summed E-state index contributed by atoms with van der Waals surface area (Å²) >= 11 is 0. The Morgan fingerprint density at radius 2 is 1.40 bits per heavy atom. The molecule has 0 unspecified atom stereocenters. The van der Waals surface area contributed by atoms with E-state index in [0.717, 1.165) is 0 Å². The summed E-state index contributed by atoms with van der Waals surface area (Å²) < 4.78 is 5.38. The minimum absolute atomic E-state index is 0.385. The molecule has 0 spiro atoms. The van der Waals surface area contributed by atoms with Gasteiger partial charge in [0.15, 0.2) is 5.54 Å². The Bertz CT molecular complexity index is 362. The Kier molecular flexibility index (Phi) is 5.78. The zero-order valence-electron chi connectivity index (χ0n) is 14.2. The molecule has 0 radical (unpaired) electrons. The zero-order valence-corrected chi connectivity index (χ0v) is 14.2. The highest BCUT2D eigenvalue weighted by atomic mass is 16.6. The largest absolute Gasteiger partial charge is 0.458 e. The number of nitrogens with zero attached hydrogens (tertiary/aromatic N) is 1. The van der Waals surface area contributed by atoms with Crippen LogP contribution < -0.4 is 5.73 Å². The van der Waals surface area contributed by atoms with Crippen LogP contribution in [0, 0.1) is 5.41 Å². The van der Waals surface area contributed by atoms with Gasteiger partial charge in [-0.3, -0.25) is 4.79 Å². The quantitative estimate of drug-likeness (QED) is 0.633. The van der Waals surface area contributed by atoms with Gasteiger partial charge >= 0.3 is 5.97 Å². The molecule has 1 amide bonds. The highest BCUT2D eigenvalue weighted by Crippen LogP contribution is 2.32. The number of nitrogens with two attached hydrogens (primary N) is 1. The lowest BCUT2D eigenvalue weighted by atomic mass is 9.73. The first-order valence-corrected chi connectivity index (χ1v) is 7.13.